The van der Waals surface area contributed by atoms with Crippen LogP contribution < -0.4 is 10.2 Å². The molecule has 0 spiro atoms. The fourth-order valence-corrected chi connectivity index (χ4v) is 2.02. The van der Waals surface area contributed by atoms with Gasteiger partial charge in [-0.2, -0.15) is 4.98 Å². The van der Waals surface area contributed by atoms with Crippen LogP contribution in [0.25, 0.3) is 0 Å². The minimum atomic E-state index is -0.472. The van der Waals surface area contributed by atoms with Gasteiger partial charge in [-0.05, 0) is 6.92 Å². The maximum Gasteiger partial charge on any atom is 0.224 e. The number of hydrogen-bond acceptors (Lipinski definition) is 6. The summed E-state index contributed by atoms with van der Waals surface area (Å²) in [5.41, 5.74) is 0. The van der Waals surface area contributed by atoms with Crippen molar-refractivity contribution < 1.29 is 14.2 Å². The summed E-state index contributed by atoms with van der Waals surface area (Å²) in [5, 5.41) is 11.9. The van der Waals surface area contributed by atoms with Gasteiger partial charge in [0.25, 0.3) is 0 Å². The van der Waals surface area contributed by atoms with E-state index in [9.17, 15) is 4.39 Å². The molecular weight excluding hydrogens is 239 g/mol. The maximum atomic E-state index is 13.8. The van der Waals surface area contributed by atoms with Gasteiger partial charge in [-0.3, -0.25) is 0 Å². The third-order valence-corrected chi connectivity index (χ3v) is 2.78. The van der Waals surface area contributed by atoms with E-state index in [4.69, 9.17) is 9.84 Å². The van der Waals surface area contributed by atoms with Crippen LogP contribution in [0.15, 0.2) is 6.20 Å². The zero-order chi connectivity index (χ0) is 13.1. The van der Waals surface area contributed by atoms with Crippen LogP contribution in [0.4, 0.5) is 16.2 Å². The highest BCUT2D eigenvalue weighted by Gasteiger charge is 2.27. The van der Waals surface area contributed by atoms with E-state index < -0.39 is 5.82 Å². The summed E-state index contributed by atoms with van der Waals surface area (Å²) in [6.45, 7) is 2.74. The first kappa shape index (κ1) is 13.0. The zero-order valence-corrected chi connectivity index (χ0v) is 10.4. The number of nitrogens with zero attached hydrogens (tertiary/aromatic N) is 3. The summed E-state index contributed by atoms with van der Waals surface area (Å²) in [5.74, 6) is 0.133. The van der Waals surface area contributed by atoms with Crippen molar-refractivity contribution in [3.05, 3.63) is 12.0 Å². The predicted molar refractivity (Wildman–Crippen MR) is 65.2 cm³/mol. The molecule has 2 unspecified atom stereocenters. The molecule has 2 heterocycles. The van der Waals surface area contributed by atoms with Gasteiger partial charge in [0.05, 0.1) is 25.0 Å². The molecule has 0 aliphatic carbocycles. The number of rotatable bonds is 3. The van der Waals surface area contributed by atoms with Gasteiger partial charge in [0.1, 0.15) is 0 Å². The lowest BCUT2D eigenvalue weighted by Crippen LogP contribution is -2.48. The van der Waals surface area contributed by atoms with Gasteiger partial charge < -0.3 is 20.1 Å². The Kier molecular flexibility index (Phi) is 3.93. The lowest BCUT2D eigenvalue weighted by molar-refractivity contribution is -0.0424. The molecule has 0 bridgehead atoms. The quantitative estimate of drug-likeness (QED) is 0.807. The molecule has 2 rings (SSSR count). The fraction of sp³-hybridized carbons (Fsp3) is 0.636. The van der Waals surface area contributed by atoms with E-state index in [0.717, 1.165) is 6.20 Å². The summed E-state index contributed by atoms with van der Waals surface area (Å²) >= 11 is 0. The SMILES string of the molecule is CNc1ncc(F)c(N2CC(C)OC(CO)C2)n1. The van der Waals surface area contributed by atoms with E-state index in [1.54, 1.807) is 11.9 Å². The minimum Gasteiger partial charge on any atom is -0.394 e. The molecule has 18 heavy (non-hydrogen) atoms. The number of nitrogens with one attached hydrogen (secondary N) is 1. The number of halogens is 1. The normalized spacial score (nSPS) is 24.1. The Morgan fingerprint density at radius 3 is 3.06 bits per heavy atom. The Morgan fingerprint density at radius 2 is 2.39 bits per heavy atom. The van der Waals surface area contributed by atoms with Gasteiger partial charge >= 0.3 is 0 Å². The van der Waals surface area contributed by atoms with Crippen LogP contribution in [-0.4, -0.2) is 54.0 Å². The first-order valence-corrected chi connectivity index (χ1v) is 5.85. The summed E-state index contributed by atoms with van der Waals surface area (Å²) < 4.78 is 19.3. The maximum absolute atomic E-state index is 13.8. The summed E-state index contributed by atoms with van der Waals surface area (Å²) in [4.78, 5) is 9.69. The molecule has 100 valence electrons. The van der Waals surface area contributed by atoms with Crippen LogP contribution in [0.2, 0.25) is 0 Å². The van der Waals surface area contributed by atoms with Crippen LogP contribution in [0.3, 0.4) is 0 Å². The lowest BCUT2D eigenvalue weighted by Gasteiger charge is -2.36. The second-order valence-corrected chi connectivity index (χ2v) is 4.27. The highest BCUT2D eigenvalue weighted by molar-refractivity contribution is 5.44. The smallest absolute Gasteiger partial charge is 0.224 e. The standard InChI is InChI=1S/C11H17FN4O2/c1-7-4-16(5-8(6-17)18-7)10-9(12)3-14-11(13-2)15-10/h3,7-8,17H,4-6H2,1-2H3,(H,13,14,15). The molecule has 0 amide bonds. The van der Waals surface area contributed by atoms with Gasteiger partial charge in [0, 0.05) is 20.1 Å². The monoisotopic (exact) mass is 256 g/mol. The van der Waals surface area contributed by atoms with E-state index in [2.05, 4.69) is 15.3 Å². The molecule has 0 saturated carbocycles. The molecular formula is C11H17FN4O2. The number of aromatic nitrogens is 2. The Morgan fingerprint density at radius 1 is 1.61 bits per heavy atom. The summed E-state index contributed by atoms with van der Waals surface area (Å²) in [7, 11) is 1.68. The van der Waals surface area contributed by atoms with Crippen molar-refractivity contribution in [2.24, 2.45) is 0 Å². The number of aliphatic hydroxyl groups is 1. The summed E-state index contributed by atoms with van der Waals surface area (Å²) in [6, 6.07) is 0. The van der Waals surface area contributed by atoms with Gasteiger partial charge in [-0.25, -0.2) is 9.37 Å². The topological polar surface area (TPSA) is 70.5 Å². The van der Waals surface area contributed by atoms with Gasteiger partial charge in [0.15, 0.2) is 11.6 Å². The average Bonchev–Trinajstić information content (AvgIpc) is 2.38. The van der Waals surface area contributed by atoms with Crippen molar-refractivity contribution in [1.82, 2.24) is 9.97 Å². The van der Waals surface area contributed by atoms with Crippen molar-refractivity contribution in [3.63, 3.8) is 0 Å². The van der Waals surface area contributed by atoms with Crippen molar-refractivity contribution in [1.29, 1.82) is 0 Å². The molecule has 0 radical (unpaired) electrons. The van der Waals surface area contributed by atoms with Crippen LogP contribution >= 0.6 is 0 Å². The molecule has 0 aromatic carbocycles. The van der Waals surface area contributed by atoms with Crippen molar-refractivity contribution >= 4 is 11.8 Å². The van der Waals surface area contributed by atoms with E-state index in [1.807, 2.05) is 6.92 Å². The molecule has 1 aromatic rings. The molecule has 1 aliphatic heterocycles. The molecule has 7 heteroatoms. The van der Waals surface area contributed by atoms with Crippen molar-refractivity contribution in [3.8, 4) is 0 Å². The predicted octanol–water partition coefficient (Wildman–Crippen LogP) is 0.243. The Balaban J connectivity index is 2.24. The zero-order valence-electron chi connectivity index (χ0n) is 10.4. The number of ether oxygens (including phenoxy) is 1. The van der Waals surface area contributed by atoms with E-state index in [1.165, 1.54) is 0 Å². The van der Waals surface area contributed by atoms with E-state index >= 15 is 0 Å². The highest BCUT2D eigenvalue weighted by atomic mass is 19.1. The van der Waals surface area contributed by atoms with Gasteiger partial charge in [-0.15, -0.1) is 0 Å². The van der Waals surface area contributed by atoms with Crippen LogP contribution in [0.5, 0.6) is 0 Å². The van der Waals surface area contributed by atoms with Gasteiger partial charge in [0.2, 0.25) is 5.95 Å². The third-order valence-electron chi connectivity index (χ3n) is 2.78. The molecule has 1 fully saturated rings. The minimum absolute atomic E-state index is 0.0803. The Labute approximate surface area is 105 Å². The number of hydrogen-bond donors (Lipinski definition) is 2. The second kappa shape index (κ2) is 5.45. The average molecular weight is 256 g/mol. The summed E-state index contributed by atoms with van der Waals surface area (Å²) in [6.07, 6.45) is 0.742. The third kappa shape index (κ3) is 2.68. The molecule has 2 N–H and O–H groups in total. The lowest BCUT2D eigenvalue weighted by atomic mass is 10.2. The molecule has 2 atom stereocenters. The van der Waals surface area contributed by atoms with Crippen molar-refractivity contribution in [2.45, 2.75) is 19.1 Å². The Bertz CT molecular complexity index is 418. The molecule has 1 aliphatic rings. The first-order valence-electron chi connectivity index (χ1n) is 5.85. The second-order valence-electron chi connectivity index (χ2n) is 4.27. The van der Waals surface area contributed by atoms with E-state index in [0.29, 0.717) is 19.0 Å². The first-order chi connectivity index (χ1) is 8.63. The van der Waals surface area contributed by atoms with Crippen LogP contribution in [0, 0.1) is 5.82 Å². The van der Waals surface area contributed by atoms with Crippen LogP contribution in [-0.2, 0) is 4.74 Å². The molecule has 1 saturated heterocycles. The fourth-order valence-electron chi connectivity index (χ4n) is 2.02. The number of aliphatic hydroxyl groups excluding tert-OH is 1. The highest BCUT2D eigenvalue weighted by Crippen LogP contribution is 2.21. The number of anilines is 2. The van der Waals surface area contributed by atoms with Crippen LogP contribution in [0.1, 0.15) is 6.92 Å². The van der Waals surface area contributed by atoms with Crippen molar-refractivity contribution in [2.75, 3.05) is 37.0 Å². The molecule has 1 aromatic heterocycles. The van der Waals surface area contributed by atoms with E-state index in [-0.39, 0.29) is 24.6 Å². The molecule has 6 nitrogen and oxygen atoms in total. The Hall–Kier alpha value is -1.47. The largest absolute Gasteiger partial charge is 0.394 e. The number of morpholine rings is 1. The van der Waals surface area contributed by atoms with Gasteiger partial charge in [-0.1, -0.05) is 0 Å².